The van der Waals surface area contributed by atoms with Gasteiger partial charge in [-0.1, -0.05) is 210 Å². The molecule has 0 radical (unpaired) electrons. The van der Waals surface area contributed by atoms with Crippen LogP contribution in [0.25, 0.3) is 0 Å². The molecule has 0 fully saturated rings. The van der Waals surface area contributed by atoms with E-state index in [0.717, 1.165) is 57.8 Å². The fourth-order valence-electron chi connectivity index (χ4n) is 4.67. The highest BCUT2D eigenvalue weighted by Crippen LogP contribution is 2.29. The highest BCUT2D eigenvalue weighted by atomic mass is 16.3. The van der Waals surface area contributed by atoms with Gasteiger partial charge in [0.25, 0.3) is 0 Å². The lowest BCUT2D eigenvalue weighted by molar-refractivity contribution is 0.135. The van der Waals surface area contributed by atoms with Gasteiger partial charge in [0, 0.05) is 70.3 Å². The number of hydrogen-bond donors (Lipinski definition) is 1. The van der Waals surface area contributed by atoms with Crippen molar-refractivity contribution in [3.63, 3.8) is 0 Å². The van der Waals surface area contributed by atoms with E-state index in [-0.39, 0.29) is 17.4 Å². The maximum absolute atomic E-state index is 9.02. The Hall–Kier alpha value is -3.64. The number of unbranched alkanes of at least 4 members (excludes halogenated alkanes) is 2. The summed E-state index contributed by atoms with van der Waals surface area (Å²) >= 11 is 0. The molecule has 77 heavy (non-hydrogen) atoms. The SMILES string of the molecule is C#CC(C)C(C)(C)C.C#CCC(C)C(C)(C)C.CC#CCC(CO)C(C)(C)C.CC#CCCC(C)(C)C.CC(C)=CCC/C(C)=C/CC(C)(C)C.CCC#CCC(C)(C)C.CCC#CCCC.CCCC#CCC(C)(C)C. The summed E-state index contributed by atoms with van der Waals surface area (Å²) < 4.78 is 0. The molecule has 1 heteroatoms. The van der Waals surface area contributed by atoms with Crippen molar-refractivity contribution in [1.29, 1.82) is 0 Å². The van der Waals surface area contributed by atoms with Gasteiger partial charge >= 0.3 is 0 Å². The molecule has 1 N–H and O–H groups in total. The molecule has 0 amide bonds. The van der Waals surface area contributed by atoms with Crippen LogP contribution in [0.2, 0.25) is 0 Å². The Balaban J connectivity index is -0.000000119. The Bertz CT molecular complexity index is 1830. The van der Waals surface area contributed by atoms with Crippen LogP contribution >= 0.6 is 0 Å². The monoisotopic (exact) mass is 1070 g/mol. The molecule has 0 rings (SSSR count). The zero-order chi connectivity index (χ0) is 62.6. The summed E-state index contributed by atoms with van der Waals surface area (Å²) in [5.41, 5.74) is 5.38. The molecule has 3 unspecified atom stereocenters. The van der Waals surface area contributed by atoms with E-state index >= 15 is 0 Å². The maximum Gasteiger partial charge on any atom is 0.0473 e. The van der Waals surface area contributed by atoms with Crippen molar-refractivity contribution < 1.29 is 5.11 Å². The molecule has 0 aliphatic heterocycles. The molecule has 446 valence electrons. The van der Waals surface area contributed by atoms with E-state index in [1.54, 1.807) is 0 Å². The quantitative estimate of drug-likeness (QED) is 0.171. The number of aliphatic hydroxyl groups excluding tert-OH is 1. The predicted molar refractivity (Wildman–Crippen MR) is 358 cm³/mol. The van der Waals surface area contributed by atoms with Gasteiger partial charge in [-0.15, -0.1) is 83.9 Å². The van der Waals surface area contributed by atoms with E-state index in [4.69, 9.17) is 18.0 Å². The first-order chi connectivity index (χ1) is 34.9. The van der Waals surface area contributed by atoms with Gasteiger partial charge in [0.05, 0.1) is 0 Å². The van der Waals surface area contributed by atoms with Crippen LogP contribution in [-0.4, -0.2) is 11.7 Å². The van der Waals surface area contributed by atoms with Crippen molar-refractivity contribution in [2.45, 2.75) is 318 Å². The van der Waals surface area contributed by atoms with Gasteiger partial charge in [0.2, 0.25) is 0 Å². The van der Waals surface area contributed by atoms with Crippen molar-refractivity contribution in [3.05, 3.63) is 23.3 Å². The van der Waals surface area contributed by atoms with Crippen molar-refractivity contribution in [1.82, 2.24) is 0 Å². The van der Waals surface area contributed by atoms with E-state index in [9.17, 15) is 0 Å². The van der Waals surface area contributed by atoms with Crippen molar-refractivity contribution in [2.24, 2.45) is 55.7 Å². The van der Waals surface area contributed by atoms with Crippen LogP contribution in [0.4, 0.5) is 0 Å². The highest BCUT2D eigenvalue weighted by Gasteiger charge is 2.22. The third-order valence-electron chi connectivity index (χ3n) is 11.5. The molecule has 0 saturated carbocycles. The Kier molecular flexibility index (Phi) is 61.9. The van der Waals surface area contributed by atoms with Gasteiger partial charge in [-0.25, -0.2) is 0 Å². The Morgan fingerprint density at radius 2 is 0.922 bits per heavy atom. The van der Waals surface area contributed by atoms with E-state index in [1.165, 1.54) is 49.7 Å². The topological polar surface area (TPSA) is 20.2 Å². The summed E-state index contributed by atoms with van der Waals surface area (Å²) in [6.07, 6.45) is 31.1. The van der Waals surface area contributed by atoms with Gasteiger partial charge in [-0.3, -0.25) is 0 Å². The molecule has 0 saturated heterocycles. The fraction of sp³-hybridized carbons (Fsp3) is 0.763. The Morgan fingerprint density at radius 3 is 1.19 bits per heavy atom. The standard InChI is InChI=1S/C14H26.C10H18O.C10H18.3C9H16.C8H14.C7H12/c1-12(2)8-7-9-13(3)10-11-14(4,5)6;1-5-6-7-9(8-11)10(2,3)4;1-5-6-7-8-9-10(2,3)4;1-6-7-8(2)9(3,4)5;2*1-5-6-7-8-9(2,3)4;1-6-7(2)8(3,4)5;1-3-5-7-6-4-2/h8,10H,7,9,11H2,1-6H3;9,11H,7-8H2,1-4H3;5-6,9H2,1-4H3;1,8H,7H2,2-5H3;7-8H2,1-4H3;5,8H2,1-4H3;1,7H,2-5H3;3-5H2,1-2H3/b13-10+;;;;;;;. The normalized spacial score (nSPS) is 11.9. The largest absolute Gasteiger partial charge is 0.396 e. The minimum atomic E-state index is 0.165. The molecule has 0 aliphatic rings. The van der Waals surface area contributed by atoms with Crippen molar-refractivity contribution >= 4 is 0 Å². The zero-order valence-electron chi connectivity index (χ0n) is 58.3. The Labute approximate surface area is 490 Å². The lowest BCUT2D eigenvalue weighted by Gasteiger charge is -2.27. The molecule has 0 aromatic heterocycles. The first-order valence-electron chi connectivity index (χ1n) is 29.8. The third kappa shape index (κ3) is 98.3. The van der Waals surface area contributed by atoms with Crippen LogP contribution in [0, 0.1) is 140 Å². The predicted octanol–water partition coefficient (Wildman–Crippen LogP) is 23.3. The molecular formula is C76H136O. The second-order valence-electron chi connectivity index (χ2n) is 28.7. The average Bonchev–Trinajstić information content (AvgIpc) is 3.26. The van der Waals surface area contributed by atoms with Crippen LogP contribution in [0.15, 0.2) is 23.3 Å². The number of allylic oxidation sites excluding steroid dienone is 4. The minimum absolute atomic E-state index is 0.165. The summed E-state index contributed by atoms with van der Waals surface area (Å²) in [5, 5.41) is 9.02. The zero-order valence-corrected chi connectivity index (χ0v) is 58.3. The van der Waals surface area contributed by atoms with Crippen molar-refractivity contribution in [2.75, 3.05) is 6.61 Å². The average molecular weight is 1070 g/mol. The van der Waals surface area contributed by atoms with E-state index < -0.39 is 0 Å². The molecule has 0 aromatic rings. The summed E-state index contributed by atoms with van der Waals surface area (Å²) in [6, 6.07) is 0. The van der Waals surface area contributed by atoms with Gasteiger partial charge in [-0.05, 0) is 123 Å². The molecule has 3 atom stereocenters. The van der Waals surface area contributed by atoms with Crippen LogP contribution < -0.4 is 0 Å². The molecule has 1 nitrogen and oxygen atoms in total. The van der Waals surface area contributed by atoms with Crippen LogP contribution in [-0.2, 0) is 0 Å². The number of hydrogen-bond acceptors (Lipinski definition) is 1. The summed E-state index contributed by atoms with van der Waals surface area (Å²) in [6.45, 7) is 69.6. The van der Waals surface area contributed by atoms with Crippen molar-refractivity contribution in [3.8, 4) is 83.9 Å². The fourth-order valence-corrected chi connectivity index (χ4v) is 4.67. The van der Waals surface area contributed by atoms with Crippen LogP contribution in [0.3, 0.4) is 0 Å². The lowest BCUT2D eigenvalue weighted by Crippen LogP contribution is -2.23. The Morgan fingerprint density at radius 1 is 0.494 bits per heavy atom. The first kappa shape index (κ1) is 89.9. The molecular weight excluding hydrogens is 929 g/mol. The molecule has 0 bridgehead atoms. The smallest absolute Gasteiger partial charge is 0.0473 e. The molecule has 0 aromatic carbocycles. The third-order valence-corrected chi connectivity index (χ3v) is 11.5. The number of terminal acetylenes is 2. The van der Waals surface area contributed by atoms with Gasteiger partial charge in [-0.2, -0.15) is 0 Å². The first-order valence-corrected chi connectivity index (χ1v) is 29.8. The molecule has 0 heterocycles. The number of rotatable bonds is 10. The summed E-state index contributed by atoms with van der Waals surface area (Å²) in [7, 11) is 0. The highest BCUT2D eigenvalue weighted by molar-refractivity contribution is 5.04. The lowest BCUT2D eigenvalue weighted by atomic mass is 9.79. The second kappa shape index (κ2) is 53.0. The van der Waals surface area contributed by atoms with Crippen LogP contribution in [0.5, 0.6) is 0 Å². The van der Waals surface area contributed by atoms with Gasteiger partial charge in [0.1, 0.15) is 0 Å². The second-order valence-corrected chi connectivity index (χ2v) is 28.7. The van der Waals surface area contributed by atoms with Gasteiger partial charge < -0.3 is 5.11 Å². The molecule has 0 spiro atoms. The molecule has 0 aliphatic carbocycles. The maximum atomic E-state index is 9.02. The van der Waals surface area contributed by atoms with E-state index in [2.05, 4.69) is 291 Å². The summed E-state index contributed by atoms with van der Waals surface area (Å²) in [4.78, 5) is 0. The summed E-state index contributed by atoms with van der Waals surface area (Å²) in [5.74, 6) is 37.0. The number of aliphatic hydroxyl groups is 1. The van der Waals surface area contributed by atoms with Crippen LogP contribution in [0.1, 0.15) is 318 Å². The van der Waals surface area contributed by atoms with Gasteiger partial charge in [0.15, 0.2) is 0 Å². The minimum Gasteiger partial charge on any atom is -0.396 e. The van der Waals surface area contributed by atoms with E-state index in [1.807, 2.05) is 13.8 Å². The van der Waals surface area contributed by atoms with E-state index in [0.29, 0.717) is 44.8 Å².